The number of methoxy groups -OCH3 is 1. The number of anilines is 2. The molecule has 5 rings (SSSR count). The highest BCUT2D eigenvalue weighted by molar-refractivity contribution is 8.01. The predicted molar refractivity (Wildman–Crippen MR) is 185 cm³/mol. The van der Waals surface area contributed by atoms with Gasteiger partial charge in [-0.2, -0.15) is 0 Å². The molecule has 1 heterocycles. The SMILES string of the molecule is COc1ccc(CN(CCN(C)C)c2ncc(NC(=O)CSC(c3ccccc3)(c3ccccc3)c3ccccc3)cn2)cc1. The fourth-order valence-corrected chi connectivity index (χ4v) is 6.54. The third kappa shape index (κ3) is 8.09. The molecule has 0 atom stereocenters. The largest absolute Gasteiger partial charge is 0.497 e. The van der Waals surface area contributed by atoms with Crippen molar-refractivity contribution in [3.63, 3.8) is 0 Å². The molecule has 0 saturated carbocycles. The second kappa shape index (κ2) is 15.4. The molecule has 0 spiro atoms. The zero-order valence-corrected chi connectivity index (χ0v) is 26.8. The van der Waals surface area contributed by atoms with Gasteiger partial charge < -0.3 is 19.9 Å². The number of aromatic nitrogens is 2. The van der Waals surface area contributed by atoms with Gasteiger partial charge in [-0.05, 0) is 48.5 Å². The maximum atomic E-state index is 13.4. The first-order valence-corrected chi connectivity index (χ1v) is 15.9. The summed E-state index contributed by atoms with van der Waals surface area (Å²) < 4.78 is 4.73. The molecule has 4 aromatic carbocycles. The third-order valence-corrected chi connectivity index (χ3v) is 9.06. The Hall–Kier alpha value is -4.66. The molecule has 0 aliphatic heterocycles. The monoisotopic (exact) mass is 617 g/mol. The van der Waals surface area contributed by atoms with Crippen LogP contribution in [0.15, 0.2) is 128 Å². The lowest BCUT2D eigenvalue weighted by atomic mass is 9.84. The number of ether oxygens (including phenoxy) is 1. The number of nitrogens with zero attached hydrogens (tertiary/aromatic N) is 4. The molecule has 1 N–H and O–H groups in total. The fourth-order valence-electron chi connectivity index (χ4n) is 5.21. The Kier molecular flexibility index (Phi) is 10.8. The van der Waals surface area contributed by atoms with Crippen LogP contribution in [0, 0.1) is 0 Å². The highest BCUT2D eigenvalue weighted by atomic mass is 32.2. The number of hydrogen-bond acceptors (Lipinski definition) is 7. The summed E-state index contributed by atoms with van der Waals surface area (Å²) in [5, 5.41) is 3.02. The molecule has 0 saturated heterocycles. The molecule has 0 radical (unpaired) electrons. The van der Waals surface area contributed by atoms with E-state index in [2.05, 4.69) is 61.5 Å². The number of thioether (sulfide) groups is 1. The first-order valence-electron chi connectivity index (χ1n) is 14.9. The van der Waals surface area contributed by atoms with Crippen molar-refractivity contribution in [2.45, 2.75) is 11.3 Å². The molecule has 7 nitrogen and oxygen atoms in total. The number of benzene rings is 4. The van der Waals surface area contributed by atoms with E-state index in [0.29, 0.717) is 18.2 Å². The lowest BCUT2D eigenvalue weighted by Gasteiger charge is -2.35. The van der Waals surface area contributed by atoms with Crippen LogP contribution in [-0.2, 0) is 16.1 Å². The molecule has 8 heteroatoms. The summed E-state index contributed by atoms with van der Waals surface area (Å²) in [5.74, 6) is 1.54. The average Bonchev–Trinajstić information content (AvgIpc) is 3.09. The average molecular weight is 618 g/mol. The summed E-state index contributed by atoms with van der Waals surface area (Å²) in [6.07, 6.45) is 3.36. The molecule has 0 aliphatic rings. The van der Waals surface area contributed by atoms with E-state index in [4.69, 9.17) is 4.74 Å². The summed E-state index contributed by atoms with van der Waals surface area (Å²) in [5.41, 5.74) is 5.03. The van der Waals surface area contributed by atoms with Crippen molar-refractivity contribution in [1.29, 1.82) is 0 Å². The van der Waals surface area contributed by atoms with E-state index < -0.39 is 4.75 Å². The predicted octanol–water partition coefficient (Wildman–Crippen LogP) is 6.72. The van der Waals surface area contributed by atoms with Gasteiger partial charge in [0.15, 0.2) is 0 Å². The van der Waals surface area contributed by atoms with Crippen LogP contribution in [0.1, 0.15) is 22.3 Å². The molecule has 0 fully saturated rings. The number of carbonyl (C=O) groups excluding carboxylic acids is 1. The van der Waals surface area contributed by atoms with Crippen LogP contribution in [0.5, 0.6) is 5.75 Å². The standard InChI is InChI=1S/C37H39N5O2S/c1-41(2)23-24-42(27-29-19-21-34(44-3)22-20-29)36-38-25-33(26-39-36)40-35(43)28-45-37(30-13-7-4-8-14-30,31-15-9-5-10-16-31)32-17-11-6-12-18-32/h4-22,25-26H,23-24,27-28H2,1-3H3,(H,40,43). The van der Waals surface area contributed by atoms with Crippen LogP contribution in [-0.4, -0.2) is 60.8 Å². The van der Waals surface area contributed by atoms with E-state index in [-0.39, 0.29) is 11.7 Å². The van der Waals surface area contributed by atoms with Gasteiger partial charge in [0.25, 0.3) is 0 Å². The van der Waals surface area contributed by atoms with Gasteiger partial charge in [-0.25, -0.2) is 9.97 Å². The highest BCUT2D eigenvalue weighted by Crippen LogP contribution is 2.48. The third-order valence-electron chi connectivity index (χ3n) is 7.52. The number of likely N-dealkylation sites (N-methyl/N-ethyl adjacent to an activating group) is 1. The summed E-state index contributed by atoms with van der Waals surface area (Å²) in [6.45, 7) is 2.25. The maximum absolute atomic E-state index is 13.4. The van der Waals surface area contributed by atoms with Crippen molar-refractivity contribution in [2.75, 3.05) is 50.3 Å². The smallest absolute Gasteiger partial charge is 0.234 e. The first kappa shape index (κ1) is 31.8. The van der Waals surface area contributed by atoms with E-state index >= 15 is 0 Å². The van der Waals surface area contributed by atoms with Crippen LogP contribution in [0.25, 0.3) is 0 Å². The molecule has 230 valence electrons. The number of carbonyl (C=O) groups is 1. The highest BCUT2D eigenvalue weighted by Gasteiger charge is 2.37. The van der Waals surface area contributed by atoms with Gasteiger partial charge >= 0.3 is 0 Å². The Labute approximate surface area is 270 Å². The lowest BCUT2D eigenvalue weighted by Crippen LogP contribution is -2.32. The van der Waals surface area contributed by atoms with Gasteiger partial charge in [-0.3, -0.25) is 4.79 Å². The van der Waals surface area contributed by atoms with E-state index in [1.165, 1.54) is 0 Å². The van der Waals surface area contributed by atoms with Gasteiger partial charge in [0.2, 0.25) is 11.9 Å². The minimum atomic E-state index is -0.574. The van der Waals surface area contributed by atoms with Gasteiger partial charge in [0, 0.05) is 19.6 Å². The van der Waals surface area contributed by atoms with Gasteiger partial charge in [0.05, 0.1) is 35.7 Å². The fraction of sp³-hybridized carbons (Fsp3) is 0.216. The van der Waals surface area contributed by atoms with Crippen molar-refractivity contribution in [1.82, 2.24) is 14.9 Å². The van der Waals surface area contributed by atoms with Crippen LogP contribution in [0.3, 0.4) is 0 Å². The van der Waals surface area contributed by atoms with Crippen molar-refractivity contribution in [3.8, 4) is 5.75 Å². The van der Waals surface area contributed by atoms with Crippen LogP contribution < -0.4 is 15.0 Å². The van der Waals surface area contributed by atoms with Crippen molar-refractivity contribution < 1.29 is 9.53 Å². The topological polar surface area (TPSA) is 70.6 Å². The molecule has 1 amide bonds. The second-order valence-corrected chi connectivity index (χ2v) is 12.2. The van der Waals surface area contributed by atoms with E-state index in [1.54, 1.807) is 31.3 Å². The van der Waals surface area contributed by atoms with E-state index in [0.717, 1.165) is 41.1 Å². The quantitative estimate of drug-likeness (QED) is 0.139. The van der Waals surface area contributed by atoms with Crippen LogP contribution in [0.4, 0.5) is 11.6 Å². The molecule has 0 bridgehead atoms. The van der Waals surface area contributed by atoms with Crippen LogP contribution >= 0.6 is 11.8 Å². The Morgan fingerprint density at radius 1 is 0.756 bits per heavy atom. The van der Waals surface area contributed by atoms with Gasteiger partial charge in [-0.1, -0.05) is 103 Å². The molecule has 0 unspecified atom stereocenters. The van der Waals surface area contributed by atoms with Crippen molar-refractivity contribution in [2.24, 2.45) is 0 Å². The molecular formula is C37H39N5O2S. The number of nitrogens with one attached hydrogen (secondary N) is 1. The zero-order chi connectivity index (χ0) is 31.5. The molecule has 45 heavy (non-hydrogen) atoms. The van der Waals surface area contributed by atoms with Gasteiger partial charge in [0.1, 0.15) is 5.75 Å². The molecular weight excluding hydrogens is 579 g/mol. The summed E-state index contributed by atoms with van der Waals surface area (Å²) in [6, 6.07) is 39.1. The van der Waals surface area contributed by atoms with Crippen molar-refractivity contribution >= 4 is 29.3 Å². The number of amides is 1. The normalized spacial score (nSPS) is 11.3. The summed E-state index contributed by atoms with van der Waals surface area (Å²) in [4.78, 5) is 27.0. The minimum Gasteiger partial charge on any atom is -0.497 e. The Balaban J connectivity index is 1.33. The van der Waals surface area contributed by atoms with Crippen LogP contribution in [0.2, 0.25) is 0 Å². The lowest BCUT2D eigenvalue weighted by molar-refractivity contribution is -0.113. The number of rotatable bonds is 14. The maximum Gasteiger partial charge on any atom is 0.234 e. The summed E-state index contributed by atoms with van der Waals surface area (Å²) in [7, 11) is 5.76. The van der Waals surface area contributed by atoms with Crippen molar-refractivity contribution in [3.05, 3.63) is 150 Å². The minimum absolute atomic E-state index is 0.119. The van der Waals surface area contributed by atoms with E-state index in [9.17, 15) is 4.79 Å². The zero-order valence-electron chi connectivity index (χ0n) is 26.0. The molecule has 5 aromatic rings. The molecule has 1 aromatic heterocycles. The Morgan fingerprint density at radius 3 is 1.73 bits per heavy atom. The molecule has 0 aliphatic carbocycles. The first-order chi connectivity index (χ1) is 22.0. The summed E-state index contributed by atoms with van der Waals surface area (Å²) >= 11 is 1.60. The van der Waals surface area contributed by atoms with E-state index in [1.807, 2.05) is 93.0 Å². The van der Waals surface area contributed by atoms with Gasteiger partial charge in [-0.15, -0.1) is 11.8 Å². The Morgan fingerprint density at radius 2 is 1.27 bits per heavy atom. The Bertz CT molecular complexity index is 1520. The second-order valence-electron chi connectivity index (χ2n) is 11.0. The number of hydrogen-bond donors (Lipinski definition) is 1.